The minimum atomic E-state index is 0.247. The minimum absolute atomic E-state index is 0.247. The van der Waals surface area contributed by atoms with Crippen LogP contribution in [0.15, 0.2) is 60.7 Å². The van der Waals surface area contributed by atoms with Crippen LogP contribution in [0.4, 0.5) is 0 Å². The van der Waals surface area contributed by atoms with Crippen molar-refractivity contribution in [3.05, 3.63) is 72.0 Å². The van der Waals surface area contributed by atoms with Crippen LogP contribution in [0.2, 0.25) is 0 Å². The lowest BCUT2D eigenvalue weighted by Crippen LogP contribution is -2.06. The number of carbonyl (C=O) groups excluding carboxylic acids is 1. The van der Waals surface area contributed by atoms with E-state index in [2.05, 4.69) is 61.0 Å². The lowest BCUT2D eigenvalue weighted by atomic mass is 9.93. The average molecular weight is 387 g/mol. The van der Waals surface area contributed by atoms with E-state index in [1.54, 1.807) is 0 Å². The Morgan fingerprint density at radius 3 is 2.79 bits per heavy atom. The quantitative estimate of drug-likeness (QED) is 0.549. The summed E-state index contributed by atoms with van der Waals surface area (Å²) >= 11 is 0. The summed E-state index contributed by atoms with van der Waals surface area (Å²) in [7, 11) is 0. The topological polar surface area (TPSA) is 45.8 Å². The van der Waals surface area contributed by atoms with Crippen LogP contribution in [0, 0.1) is 11.3 Å². The van der Waals surface area contributed by atoms with Crippen molar-refractivity contribution in [1.82, 2.24) is 10.2 Å². The molecular formula is C26H30N2O. The molecule has 3 heteroatoms. The molecule has 29 heavy (non-hydrogen) atoms. The van der Waals surface area contributed by atoms with E-state index >= 15 is 0 Å². The molecule has 4 rings (SSSR count). The van der Waals surface area contributed by atoms with Gasteiger partial charge in [0.25, 0.3) is 0 Å². The summed E-state index contributed by atoms with van der Waals surface area (Å²) < 4.78 is 0. The molecule has 2 aromatic rings. The standard InChI is InChI=1S/C26H30N2O/c1-4-8-18(2)24-23(27-28-25(24)20-9-6-5-7-10-20)16-22(29)12-11-19-13-14-26(3)17-21(26)15-19/h5-7,9-10,13-15,21H,2,4,8,11-12,16-17H2,1,3H3,(H,27,28). The predicted octanol–water partition coefficient (Wildman–Crippen LogP) is 6.30. The van der Waals surface area contributed by atoms with Gasteiger partial charge in [-0.15, -0.1) is 0 Å². The van der Waals surface area contributed by atoms with E-state index in [-0.39, 0.29) is 5.78 Å². The molecule has 1 fully saturated rings. The van der Waals surface area contributed by atoms with Gasteiger partial charge in [-0.1, -0.05) is 81.0 Å². The van der Waals surface area contributed by atoms with Crippen molar-refractivity contribution in [2.75, 3.05) is 0 Å². The molecule has 0 amide bonds. The zero-order chi connectivity index (χ0) is 20.4. The van der Waals surface area contributed by atoms with Crippen molar-refractivity contribution in [3.8, 4) is 11.3 Å². The third-order valence-corrected chi connectivity index (χ3v) is 6.30. The van der Waals surface area contributed by atoms with E-state index in [0.29, 0.717) is 24.2 Å². The minimum Gasteiger partial charge on any atom is -0.299 e. The summed E-state index contributed by atoms with van der Waals surface area (Å²) in [6.45, 7) is 8.74. The smallest absolute Gasteiger partial charge is 0.139 e. The fourth-order valence-corrected chi connectivity index (χ4v) is 4.32. The molecule has 1 aromatic heterocycles. The van der Waals surface area contributed by atoms with Gasteiger partial charge < -0.3 is 0 Å². The van der Waals surface area contributed by atoms with Gasteiger partial charge in [-0.3, -0.25) is 9.89 Å². The van der Waals surface area contributed by atoms with Crippen LogP contribution in [0.5, 0.6) is 0 Å². The zero-order valence-electron chi connectivity index (χ0n) is 17.5. The van der Waals surface area contributed by atoms with E-state index in [9.17, 15) is 4.79 Å². The van der Waals surface area contributed by atoms with Crippen molar-refractivity contribution in [2.24, 2.45) is 11.3 Å². The van der Waals surface area contributed by atoms with Crippen molar-refractivity contribution in [3.63, 3.8) is 0 Å². The number of hydrogen-bond acceptors (Lipinski definition) is 2. The number of aromatic nitrogens is 2. The lowest BCUT2D eigenvalue weighted by Gasteiger charge is -2.11. The highest BCUT2D eigenvalue weighted by atomic mass is 16.1. The van der Waals surface area contributed by atoms with Gasteiger partial charge in [0.1, 0.15) is 5.78 Å². The van der Waals surface area contributed by atoms with Crippen LogP contribution < -0.4 is 0 Å². The Hall–Kier alpha value is -2.68. The summed E-state index contributed by atoms with van der Waals surface area (Å²) in [5, 5.41) is 7.69. The molecule has 1 heterocycles. The van der Waals surface area contributed by atoms with Crippen LogP contribution in [0.1, 0.15) is 57.2 Å². The monoisotopic (exact) mass is 386 g/mol. The molecule has 2 unspecified atom stereocenters. The fourth-order valence-electron chi connectivity index (χ4n) is 4.32. The van der Waals surface area contributed by atoms with Crippen LogP contribution >= 0.6 is 0 Å². The summed E-state index contributed by atoms with van der Waals surface area (Å²) in [5.74, 6) is 0.930. The highest BCUT2D eigenvalue weighted by Crippen LogP contribution is 2.56. The number of Topliss-reactive ketones (excluding diaryl/α,β-unsaturated/α-hetero) is 1. The van der Waals surface area contributed by atoms with Crippen molar-refractivity contribution in [1.29, 1.82) is 0 Å². The number of nitrogens with zero attached hydrogens (tertiary/aromatic N) is 1. The van der Waals surface area contributed by atoms with Gasteiger partial charge in [0.05, 0.1) is 11.4 Å². The highest BCUT2D eigenvalue weighted by molar-refractivity contribution is 5.86. The molecule has 0 radical (unpaired) electrons. The first kappa shape index (κ1) is 19.6. The Morgan fingerprint density at radius 1 is 1.28 bits per heavy atom. The molecule has 2 atom stereocenters. The second-order valence-corrected chi connectivity index (χ2v) is 8.75. The van der Waals surface area contributed by atoms with Crippen LogP contribution in [-0.2, 0) is 11.2 Å². The van der Waals surface area contributed by atoms with Crippen LogP contribution in [0.25, 0.3) is 16.8 Å². The van der Waals surface area contributed by atoms with Crippen molar-refractivity contribution >= 4 is 11.4 Å². The first-order chi connectivity index (χ1) is 14.0. The first-order valence-electron chi connectivity index (χ1n) is 10.7. The van der Waals surface area contributed by atoms with Gasteiger partial charge in [0.15, 0.2) is 0 Å². The van der Waals surface area contributed by atoms with E-state index in [0.717, 1.165) is 47.4 Å². The maximum absolute atomic E-state index is 12.8. The number of benzene rings is 1. The molecule has 1 saturated carbocycles. The number of aromatic amines is 1. The Kier molecular flexibility index (Phi) is 5.40. The average Bonchev–Trinajstić information content (AvgIpc) is 3.22. The number of fused-ring (bicyclic) bond motifs is 1. The molecular weight excluding hydrogens is 356 g/mol. The summed E-state index contributed by atoms with van der Waals surface area (Å²) in [4.78, 5) is 12.8. The SMILES string of the molecule is C=C(CCC)c1c(-c2ccccc2)n[nH]c1CC(=O)CCC1=CC2CC2(C)C=C1. The van der Waals surface area contributed by atoms with E-state index in [1.807, 2.05) is 18.2 Å². The maximum Gasteiger partial charge on any atom is 0.139 e. The number of H-pyrrole nitrogens is 1. The number of hydrogen-bond donors (Lipinski definition) is 1. The molecule has 2 aliphatic rings. The molecule has 1 N–H and O–H groups in total. The van der Waals surface area contributed by atoms with E-state index in [4.69, 9.17) is 0 Å². The Bertz CT molecular complexity index is 979. The molecule has 0 bridgehead atoms. The molecule has 3 nitrogen and oxygen atoms in total. The molecule has 2 aliphatic carbocycles. The van der Waals surface area contributed by atoms with Crippen LogP contribution in [-0.4, -0.2) is 16.0 Å². The lowest BCUT2D eigenvalue weighted by molar-refractivity contribution is -0.118. The zero-order valence-corrected chi connectivity index (χ0v) is 17.5. The summed E-state index contributed by atoms with van der Waals surface area (Å²) in [6, 6.07) is 10.1. The number of rotatable bonds is 9. The molecule has 150 valence electrons. The molecule has 0 aliphatic heterocycles. The maximum atomic E-state index is 12.8. The Morgan fingerprint density at radius 2 is 2.07 bits per heavy atom. The Balaban J connectivity index is 1.47. The molecule has 0 saturated heterocycles. The first-order valence-corrected chi connectivity index (χ1v) is 10.7. The van der Waals surface area contributed by atoms with Gasteiger partial charge in [-0.2, -0.15) is 5.10 Å². The van der Waals surface area contributed by atoms with Crippen molar-refractivity contribution in [2.45, 2.75) is 52.4 Å². The summed E-state index contributed by atoms with van der Waals surface area (Å²) in [6.07, 6.45) is 11.9. The van der Waals surface area contributed by atoms with Gasteiger partial charge in [0.2, 0.25) is 0 Å². The third-order valence-electron chi connectivity index (χ3n) is 6.30. The fraction of sp³-hybridized carbons (Fsp3) is 0.385. The van der Waals surface area contributed by atoms with E-state index < -0.39 is 0 Å². The number of nitrogens with one attached hydrogen (secondary N) is 1. The summed E-state index contributed by atoms with van der Waals surface area (Å²) in [5.41, 5.74) is 6.63. The number of ketones is 1. The molecule has 1 aromatic carbocycles. The highest BCUT2D eigenvalue weighted by Gasteiger charge is 2.47. The largest absolute Gasteiger partial charge is 0.299 e. The van der Waals surface area contributed by atoms with Crippen molar-refractivity contribution < 1.29 is 4.79 Å². The molecule has 0 spiro atoms. The second-order valence-electron chi connectivity index (χ2n) is 8.75. The van der Waals surface area contributed by atoms with E-state index in [1.165, 1.54) is 12.0 Å². The number of allylic oxidation sites excluding steroid dienone is 5. The third kappa shape index (κ3) is 4.19. The Labute approximate surface area is 173 Å². The van der Waals surface area contributed by atoms with Gasteiger partial charge >= 0.3 is 0 Å². The number of carbonyl (C=O) groups is 1. The predicted molar refractivity (Wildman–Crippen MR) is 119 cm³/mol. The van der Waals surface area contributed by atoms with Gasteiger partial charge in [-0.25, -0.2) is 0 Å². The second kappa shape index (κ2) is 7.98. The van der Waals surface area contributed by atoms with Crippen LogP contribution in [0.3, 0.4) is 0 Å². The normalized spacial score (nSPS) is 22.1. The van der Waals surface area contributed by atoms with Gasteiger partial charge in [0, 0.05) is 24.0 Å². The van der Waals surface area contributed by atoms with Gasteiger partial charge in [-0.05, 0) is 36.2 Å².